The summed E-state index contributed by atoms with van der Waals surface area (Å²) in [6.45, 7) is 3.47. The van der Waals surface area contributed by atoms with E-state index in [0.717, 1.165) is 44.3 Å². The van der Waals surface area contributed by atoms with E-state index in [-0.39, 0.29) is 40.2 Å². The Bertz CT molecular complexity index is 1570. The number of carbonyl (C=O) groups excluding carboxylic acids is 2. The van der Waals surface area contributed by atoms with Gasteiger partial charge in [-0.05, 0) is 66.9 Å². The molecule has 0 unspecified atom stereocenters. The zero-order valence-electron chi connectivity index (χ0n) is 24.0. The summed E-state index contributed by atoms with van der Waals surface area (Å²) in [6.07, 6.45) is 3.96. The fourth-order valence-electron chi connectivity index (χ4n) is 5.30. The van der Waals surface area contributed by atoms with E-state index in [4.69, 9.17) is 10.00 Å². The van der Waals surface area contributed by atoms with Crippen LogP contribution >= 0.6 is 0 Å². The molecule has 43 heavy (non-hydrogen) atoms. The Balaban J connectivity index is 1.05. The number of rotatable bonds is 8. The van der Waals surface area contributed by atoms with Gasteiger partial charge in [0.25, 0.3) is 11.8 Å². The van der Waals surface area contributed by atoms with Crippen LogP contribution in [0.5, 0.6) is 5.75 Å². The van der Waals surface area contributed by atoms with Gasteiger partial charge in [0.2, 0.25) is 0 Å². The number of benzene rings is 2. The van der Waals surface area contributed by atoms with Gasteiger partial charge >= 0.3 is 0 Å². The SMILES string of the molecule is CS(=O)(=O)c1ccc(OC2CCN(C(=O)c3ccc(C(=O)NC4CCN(Cc5ccc(C#N)cc5)CC4)nn3)CC2)cc1. The molecule has 2 amide bonds. The Hall–Kier alpha value is -4.34. The summed E-state index contributed by atoms with van der Waals surface area (Å²) in [4.78, 5) is 30.0. The van der Waals surface area contributed by atoms with Crippen LogP contribution in [0.25, 0.3) is 0 Å². The fourth-order valence-corrected chi connectivity index (χ4v) is 5.93. The van der Waals surface area contributed by atoms with Crippen molar-refractivity contribution in [3.63, 3.8) is 0 Å². The lowest BCUT2D eigenvalue weighted by Crippen LogP contribution is -2.44. The van der Waals surface area contributed by atoms with E-state index in [1.54, 1.807) is 17.0 Å². The van der Waals surface area contributed by atoms with Gasteiger partial charge in [-0.2, -0.15) is 5.26 Å². The van der Waals surface area contributed by atoms with Gasteiger partial charge in [-0.15, -0.1) is 10.2 Å². The molecule has 0 atom stereocenters. The average molecular weight is 603 g/mol. The van der Waals surface area contributed by atoms with E-state index in [1.165, 1.54) is 24.3 Å². The molecule has 224 valence electrons. The number of sulfone groups is 1. The van der Waals surface area contributed by atoms with Crippen molar-refractivity contribution in [2.45, 2.75) is 49.3 Å². The summed E-state index contributed by atoms with van der Waals surface area (Å²) in [5.74, 6) is 0.0372. The number of nitrogens with one attached hydrogen (secondary N) is 1. The van der Waals surface area contributed by atoms with E-state index in [0.29, 0.717) is 37.2 Å². The second-order valence-electron chi connectivity index (χ2n) is 11.0. The quantitative estimate of drug-likeness (QED) is 0.411. The molecular weight excluding hydrogens is 568 g/mol. The van der Waals surface area contributed by atoms with Crippen LogP contribution < -0.4 is 10.1 Å². The van der Waals surface area contributed by atoms with Crippen LogP contribution in [0.2, 0.25) is 0 Å². The van der Waals surface area contributed by atoms with Gasteiger partial charge in [0.15, 0.2) is 21.2 Å². The minimum Gasteiger partial charge on any atom is -0.490 e. The average Bonchev–Trinajstić information content (AvgIpc) is 3.02. The summed E-state index contributed by atoms with van der Waals surface area (Å²) in [7, 11) is -3.26. The lowest BCUT2D eigenvalue weighted by atomic mass is 10.0. The van der Waals surface area contributed by atoms with Gasteiger partial charge in [0.05, 0.1) is 16.5 Å². The Labute approximate surface area is 251 Å². The van der Waals surface area contributed by atoms with E-state index < -0.39 is 9.84 Å². The van der Waals surface area contributed by atoms with Crippen LogP contribution in [0, 0.1) is 11.3 Å². The number of piperidine rings is 2. The topological polar surface area (TPSA) is 146 Å². The van der Waals surface area contributed by atoms with Crippen molar-refractivity contribution < 1.29 is 22.7 Å². The molecule has 2 aromatic carbocycles. The summed E-state index contributed by atoms with van der Waals surface area (Å²) >= 11 is 0. The van der Waals surface area contributed by atoms with Crippen LogP contribution in [-0.4, -0.2) is 84.8 Å². The number of nitriles is 1. The number of nitrogens with zero attached hydrogens (tertiary/aromatic N) is 5. The van der Waals surface area contributed by atoms with E-state index in [9.17, 15) is 18.0 Å². The van der Waals surface area contributed by atoms with Crippen LogP contribution in [0.4, 0.5) is 0 Å². The van der Waals surface area contributed by atoms with Gasteiger partial charge in [0.1, 0.15) is 11.9 Å². The Morgan fingerprint density at radius 3 is 2.12 bits per heavy atom. The van der Waals surface area contributed by atoms with Crippen molar-refractivity contribution in [3.8, 4) is 11.8 Å². The third-order valence-corrected chi connectivity index (χ3v) is 8.94. The zero-order chi connectivity index (χ0) is 30.4. The van der Waals surface area contributed by atoms with Crippen LogP contribution in [0.15, 0.2) is 65.6 Å². The smallest absolute Gasteiger partial charge is 0.274 e. The molecule has 0 bridgehead atoms. The molecular formula is C31H34N6O5S. The number of amides is 2. The van der Waals surface area contributed by atoms with Gasteiger partial charge in [0, 0.05) is 57.9 Å². The molecule has 1 N–H and O–H groups in total. The molecule has 0 radical (unpaired) electrons. The number of hydrogen-bond donors (Lipinski definition) is 1. The molecule has 5 rings (SSSR count). The summed E-state index contributed by atoms with van der Waals surface area (Å²) < 4.78 is 29.3. The second-order valence-corrected chi connectivity index (χ2v) is 13.0. The van der Waals surface area contributed by atoms with Crippen LogP contribution in [0.1, 0.15) is 57.8 Å². The third-order valence-electron chi connectivity index (χ3n) is 7.81. The first-order chi connectivity index (χ1) is 20.7. The van der Waals surface area contributed by atoms with Gasteiger partial charge in [-0.25, -0.2) is 8.42 Å². The Kier molecular flexibility index (Phi) is 9.33. The van der Waals surface area contributed by atoms with Crippen molar-refractivity contribution in [2.75, 3.05) is 32.4 Å². The van der Waals surface area contributed by atoms with E-state index >= 15 is 0 Å². The predicted molar refractivity (Wildman–Crippen MR) is 158 cm³/mol. The second kappa shape index (κ2) is 13.3. The van der Waals surface area contributed by atoms with Crippen molar-refractivity contribution >= 4 is 21.7 Å². The highest BCUT2D eigenvalue weighted by Gasteiger charge is 2.27. The predicted octanol–water partition coefficient (Wildman–Crippen LogP) is 2.83. The van der Waals surface area contributed by atoms with Crippen molar-refractivity contribution in [1.82, 2.24) is 25.3 Å². The number of hydrogen-bond acceptors (Lipinski definition) is 9. The number of carbonyl (C=O) groups is 2. The third kappa shape index (κ3) is 7.94. The first-order valence-electron chi connectivity index (χ1n) is 14.3. The molecule has 0 saturated carbocycles. The number of likely N-dealkylation sites (tertiary alicyclic amines) is 2. The Morgan fingerprint density at radius 1 is 0.907 bits per heavy atom. The lowest BCUT2D eigenvalue weighted by molar-refractivity contribution is 0.0588. The number of ether oxygens (including phenoxy) is 1. The molecule has 3 heterocycles. The maximum absolute atomic E-state index is 13.0. The maximum Gasteiger partial charge on any atom is 0.274 e. The summed E-state index contributed by atoms with van der Waals surface area (Å²) in [6, 6.07) is 19.2. The normalized spacial score (nSPS) is 16.8. The molecule has 11 nitrogen and oxygen atoms in total. The highest BCUT2D eigenvalue weighted by atomic mass is 32.2. The number of aromatic nitrogens is 2. The van der Waals surface area contributed by atoms with E-state index in [1.807, 2.05) is 24.3 Å². The molecule has 1 aromatic heterocycles. The molecule has 2 aliphatic rings. The monoisotopic (exact) mass is 602 g/mol. The molecule has 0 spiro atoms. The van der Waals surface area contributed by atoms with Crippen molar-refractivity contribution in [3.05, 3.63) is 83.2 Å². The van der Waals surface area contributed by atoms with Crippen molar-refractivity contribution in [1.29, 1.82) is 5.26 Å². The van der Waals surface area contributed by atoms with E-state index in [2.05, 4.69) is 26.5 Å². The first kappa shape index (κ1) is 30.1. The highest BCUT2D eigenvalue weighted by molar-refractivity contribution is 7.90. The lowest BCUT2D eigenvalue weighted by Gasteiger charge is -2.32. The molecule has 0 aliphatic carbocycles. The largest absolute Gasteiger partial charge is 0.490 e. The van der Waals surface area contributed by atoms with Crippen LogP contribution in [-0.2, 0) is 16.4 Å². The minimum absolute atomic E-state index is 0.0361. The molecule has 2 fully saturated rings. The zero-order valence-corrected chi connectivity index (χ0v) is 24.8. The standard InChI is InChI=1S/C31H34N6O5S/c1-43(40,41)27-8-6-25(7-9-27)42-26-14-18-37(19-15-26)31(39)29-11-10-28(34-35-29)30(38)33-24-12-16-36(17-13-24)21-23-4-2-22(20-32)3-5-23/h2-11,24,26H,12-19,21H2,1H3,(H,33,38). The summed E-state index contributed by atoms with van der Waals surface area (Å²) in [5.41, 5.74) is 2.16. The van der Waals surface area contributed by atoms with Crippen molar-refractivity contribution in [2.24, 2.45) is 0 Å². The molecule has 2 aliphatic heterocycles. The molecule has 3 aromatic rings. The van der Waals surface area contributed by atoms with Gasteiger partial charge < -0.3 is 15.0 Å². The Morgan fingerprint density at radius 2 is 1.53 bits per heavy atom. The first-order valence-corrected chi connectivity index (χ1v) is 16.2. The van der Waals surface area contributed by atoms with Gasteiger partial charge in [-0.3, -0.25) is 14.5 Å². The summed E-state index contributed by atoms with van der Waals surface area (Å²) in [5, 5.41) is 20.1. The maximum atomic E-state index is 13.0. The van der Waals surface area contributed by atoms with Crippen LogP contribution in [0.3, 0.4) is 0 Å². The fraction of sp³-hybridized carbons (Fsp3) is 0.387. The van der Waals surface area contributed by atoms with Gasteiger partial charge in [-0.1, -0.05) is 12.1 Å². The minimum atomic E-state index is -3.26. The molecule has 2 saturated heterocycles. The molecule has 12 heteroatoms. The highest BCUT2D eigenvalue weighted by Crippen LogP contribution is 2.22.